The maximum atomic E-state index is 11.0. The molecule has 0 aromatic heterocycles. The Hall–Kier alpha value is -1.82. The summed E-state index contributed by atoms with van der Waals surface area (Å²) in [5.41, 5.74) is 0.935. The van der Waals surface area contributed by atoms with Crippen molar-refractivity contribution in [3.05, 3.63) is 29.8 Å². The van der Waals surface area contributed by atoms with Crippen molar-refractivity contribution in [1.82, 2.24) is 5.32 Å². The molecule has 1 N–H and O–H groups in total. The van der Waals surface area contributed by atoms with Gasteiger partial charge in [0.25, 0.3) is 0 Å². The molecule has 1 amide bonds. The summed E-state index contributed by atoms with van der Waals surface area (Å²) in [6.07, 6.45) is 2.69. The summed E-state index contributed by atoms with van der Waals surface area (Å²) in [4.78, 5) is 11.0. The first-order chi connectivity index (χ1) is 10.1. The maximum Gasteiger partial charge on any atom is 0.236 e. The molecule has 112 valence electrons. The van der Waals surface area contributed by atoms with Crippen molar-refractivity contribution in [1.29, 1.82) is 0 Å². The Kier molecular flexibility index (Phi) is 5.80. The van der Waals surface area contributed by atoms with Gasteiger partial charge in [-0.25, -0.2) is 0 Å². The zero-order chi connectivity index (χ0) is 15.1. The van der Waals surface area contributed by atoms with Crippen LogP contribution in [0.3, 0.4) is 0 Å². The van der Waals surface area contributed by atoms with Gasteiger partial charge in [0.1, 0.15) is 5.75 Å². The molecule has 0 saturated carbocycles. The fraction of sp³-hybridized carbons (Fsp3) is 0.400. The molecule has 1 aliphatic rings. The van der Waals surface area contributed by atoms with E-state index in [1.165, 1.54) is 11.8 Å². The first kappa shape index (κ1) is 15.6. The molecule has 1 heterocycles. The summed E-state index contributed by atoms with van der Waals surface area (Å²) in [7, 11) is 0. The van der Waals surface area contributed by atoms with Crippen molar-refractivity contribution in [2.24, 2.45) is 16.1 Å². The van der Waals surface area contributed by atoms with Gasteiger partial charge in [0.2, 0.25) is 5.91 Å². The molecule has 0 spiro atoms. The van der Waals surface area contributed by atoms with Gasteiger partial charge in [0.15, 0.2) is 5.17 Å². The van der Waals surface area contributed by atoms with Crippen LogP contribution in [-0.4, -0.2) is 29.6 Å². The lowest BCUT2D eigenvalue weighted by atomic mass is 10.1. The van der Waals surface area contributed by atoms with E-state index in [-0.39, 0.29) is 5.91 Å². The van der Waals surface area contributed by atoms with Crippen LogP contribution in [0.1, 0.15) is 25.8 Å². The van der Waals surface area contributed by atoms with Crippen LogP contribution < -0.4 is 10.1 Å². The summed E-state index contributed by atoms with van der Waals surface area (Å²) in [5.74, 6) is 1.88. The first-order valence-corrected chi connectivity index (χ1v) is 7.88. The second-order valence-electron chi connectivity index (χ2n) is 5.09. The van der Waals surface area contributed by atoms with Crippen LogP contribution in [0.25, 0.3) is 0 Å². The Morgan fingerprint density at radius 2 is 2.14 bits per heavy atom. The molecule has 5 nitrogen and oxygen atoms in total. The van der Waals surface area contributed by atoms with Crippen LogP contribution >= 0.6 is 11.8 Å². The second-order valence-corrected chi connectivity index (χ2v) is 6.05. The number of thioether (sulfide) groups is 1. The molecule has 1 fully saturated rings. The lowest BCUT2D eigenvalue weighted by Crippen LogP contribution is -2.19. The maximum absolute atomic E-state index is 11.0. The number of hydrogen-bond donors (Lipinski definition) is 1. The van der Waals surface area contributed by atoms with Crippen molar-refractivity contribution in [3.8, 4) is 5.75 Å². The van der Waals surface area contributed by atoms with Crippen LogP contribution in [0.5, 0.6) is 5.75 Å². The Labute approximate surface area is 128 Å². The zero-order valence-corrected chi connectivity index (χ0v) is 13.0. The minimum absolute atomic E-state index is 0.0307. The van der Waals surface area contributed by atoms with Crippen molar-refractivity contribution in [2.45, 2.75) is 20.3 Å². The molecule has 1 aliphatic heterocycles. The molecule has 21 heavy (non-hydrogen) atoms. The fourth-order valence-electron chi connectivity index (χ4n) is 1.59. The van der Waals surface area contributed by atoms with Crippen LogP contribution in [-0.2, 0) is 4.79 Å². The van der Waals surface area contributed by atoms with Gasteiger partial charge in [-0.15, -0.1) is 5.10 Å². The van der Waals surface area contributed by atoms with E-state index in [1.807, 2.05) is 24.3 Å². The predicted molar refractivity (Wildman–Crippen MR) is 87.0 cm³/mol. The SMILES string of the molecule is CC(C)CCOc1ccc(C=NN=C2NC(=O)CS2)cc1. The molecule has 0 atom stereocenters. The number of carbonyl (C=O) groups excluding carboxylic acids is 1. The molecule has 1 aromatic carbocycles. The number of rotatable bonds is 6. The number of hydrogen-bond acceptors (Lipinski definition) is 5. The molecular weight excluding hydrogens is 286 g/mol. The van der Waals surface area contributed by atoms with E-state index in [0.29, 0.717) is 16.8 Å². The normalized spacial score (nSPS) is 16.9. The van der Waals surface area contributed by atoms with E-state index in [4.69, 9.17) is 4.74 Å². The van der Waals surface area contributed by atoms with E-state index < -0.39 is 0 Å². The molecule has 1 aromatic rings. The predicted octanol–water partition coefficient (Wildman–Crippen LogP) is 2.66. The number of nitrogens with one attached hydrogen (secondary N) is 1. The number of ether oxygens (including phenoxy) is 1. The number of nitrogens with zero attached hydrogens (tertiary/aromatic N) is 2. The average Bonchev–Trinajstić information content (AvgIpc) is 2.86. The van der Waals surface area contributed by atoms with E-state index in [9.17, 15) is 4.79 Å². The topological polar surface area (TPSA) is 63.1 Å². The van der Waals surface area contributed by atoms with Gasteiger partial charge in [-0.2, -0.15) is 5.10 Å². The van der Waals surface area contributed by atoms with Crippen LogP contribution in [0.15, 0.2) is 34.5 Å². The molecule has 0 radical (unpaired) electrons. The highest BCUT2D eigenvalue weighted by atomic mass is 32.2. The van der Waals surface area contributed by atoms with Crippen molar-refractivity contribution in [2.75, 3.05) is 12.4 Å². The van der Waals surface area contributed by atoms with Crippen LogP contribution in [0.4, 0.5) is 0 Å². The number of amidine groups is 1. The van der Waals surface area contributed by atoms with Gasteiger partial charge in [0.05, 0.1) is 18.6 Å². The molecule has 0 unspecified atom stereocenters. The van der Waals surface area contributed by atoms with Crippen molar-refractivity contribution >= 4 is 29.1 Å². The monoisotopic (exact) mass is 305 g/mol. The van der Waals surface area contributed by atoms with E-state index in [2.05, 4.69) is 29.4 Å². The fourth-order valence-corrected chi connectivity index (χ4v) is 2.22. The Bertz CT molecular complexity index is 538. The second kappa shape index (κ2) is 7.83. The molecular formula is C15H19N3O2S. The lowest BCUT2D eigenvalue weighted by molar-refractivity contribution is -0.116. The molecule has 0 aliphatic carbocycles. The highest BCUT2D eigenvalue weighted by Gasteiger charge is 2.15. The largest absolute Gasteiger partial charge is 0.494 e. The van der Waals surface area contributed by atoms with Crippen molar-refractivity contribution in [3.63, 3.8) is 0 Å². The standard InChI is InChI=1S/C15H19N3O2S/c1-11(2)7-8-20-13-5-3-12(4-6-13)9-16-18-15-17-14(19)10-21-15/h3-6,9,11H,7-8,10H2,1-2H3,(H,17,18,19). The molecule has 6 heteroatoms. The average molecular weight is 305 g/mol. The summed E-state index contributed by atoms with van der Waals surface area (Å²) >= 11 is 1.35. The summed E-state index contributed by atoms with van der Waals surface area (Å²) in [6.45, 7) is 5.08. The first-order valence-electron chi connectivity index (χ1n) is 6.90. The third-order valence-corrected chi connectivity index (χ3v) is 3.65. The summed E-state index contributed by atoms with van der Waals surface area (Å²) in [5, 5.41) is 11.1. The number of benzene rings is 1. The van der Waals surface area contributed by atoms with Gasteiger partial charge in [-0.3, -0.25) is 4.79 Å². The van der Waals surface area contributed by atoms with Crippen LogP contribution in [0.2, 0.25) is 0 Å². The van der Waals surface area contributed by atoms with E-state index in [0.717, 1.165) is 24.3 Å². The Balaban J connectivity index is 1.83. The highest BCUT2D eigenvalue weighted by molar-refractivity contribution is 8.15. The zero-order valence-electron chi connectivity index (χ0n) is 12.2. The quantitative estimate of drug-likeness (QED) is 0.649. The molecule has 1 saturated heterocycles. The van der Waals surface area contributed by atoms with Gasteiger partial charge in [-0.1, -0.05) is 25.6 Å². The van der Waals surface area contributed by atoms with Gasteiger partial charge < -0.3 is 10.1 Å². The van der Waals surface area contributed by atoms with Gasteiger partial charge in [-0.05, 0) is 42.2 Å². The molecule has 0 bridgehead atoms. The smallest absolute Gasteiger partial charge is 0.236 e. The van der Waals surface area contributed by atoms with Crippen molar-refractivity contribution < 1.29 is 9.53 Å². The number of carbonyl (C=O) groups is 1. The number of amides is 1. The summed E-state index contributed by atoms with van der Waals surface area (Å²) in [6, 6.07) is 7.69. The van der Waals surface area contributed by atoms with Gasteiger partial charge in [0, 0.05) is 0 Å². The van der Waals surface area contributed by atoms with E-state index >= 15 is 0 Å². The Morgan fingerprint density at radius 3 is 2.76 bits per heavy atom. The van der Waals surface area contributed by atoms with Gasteiger partial charge >= 0.3 is 0 Å². The molecule has 2 rings (SSSR count). The third-order valence-electron chi connectivity index (χ3n) is 2.79. The minimum atomic E-state index is -0.0307. The Morgan fingerprint density at radius 1 is 1.38 bits per heavy atom. The highest BCUT2D eigenvalue weighted by Crippen LogP contribution is 2.13. The van der Waals surface area contributed by atoms with E-state index in [1.54, 1.807) is 6.21 Å². The summed E-state index contributed by atoms with van der Waals surface area (Å²) < 4.78 is 5.65. The minimum Gasteiger partial charge on any atom is -0.494 e. The van der Waals surface area contributed by atoms with Crippen LogP contribution in [0, 0.1) is 5.92 Å². The lowest BCUT2D eigenvalue weighted by Gasteiger charge is -2.07. The third kappa shape index (κ3) is 5.59.